The molecule has 0 saturated heterocycles. The molecule has 2 unspecified atom stereocenters. The summed E-state index contributed by atoms with van der Waals surface area (Å²) < 4.78 is 41.1. The van der Waals surface area contributed by atoms with Crippen LogP contribution in [-0.2, 0) is 14.3 Å². The third-order valence-corrected chi connectivity index (χ3v) is 5.49. The van der Waals surface area contributed by atoms with Crippen LogP contribution in [0.5, 0.6) is 11.5 Å². The van der Waals surface area contributed by atoms with Crippen molar-refractivity contribution in [1.82, 2.24) is 0 Å². The van der Waals surface area contributed by atoms with E-state index in [1.807, 2.05) is 17.7 Å². The first-order valence-electron chi connectivity index (χ1n) is 6.81. The zero-order valence-electron chi connectivity index (χ0n) is 12.2. The second kappa shape index (κ2) is 5.91. The van der Waals surface area contributed by atoms with Crippen LogP contribution < -0.4 is 9.47 Å². The summed E-state index contributed by atoms with van der Waals surface area (Å²) in [6.45, 7) is 3.82. The van der Waals surface area contributed by atoms with Crippen molar-refractivity contribution in [2.24, 2.45) is 0 Å². The Morgan fingerprint density at radius 1 is 1.23 bits per heavy atom. The van der Waals surface area contributed by atoms with Gasteiger partial charge in [0.05, 0.1) is 4.90 Å². The molecule has 0 spiro atoms. The van der Waals surface area contributed by atoms with Crippen molar-refractivity contribution in [2.45, 2.75) is 31.0 Å². The fourth-order valence-electron chi connectivity index (χ4n) is 2.09. The van der Waals surface area contributed by atoms with Crippen molar-refractivity contribution in [3.05, 3.63) is 40.6 Å². The standard InChI is InChI=1S/C15H16O5S2/c1-10-3-5-12(6-4-10)22(16,17)20-11(2)13-7-18-14-8-21-9-15(14)19-13/h3-6,8-9,11,13H,7H2,1-2H3. The number of aryl methyl sites for hydroxylation is 1. The van der Waals surface area contributed by atoms with Gasteiger partial charge >= 0.3 is 0 Å². The van der Waals surface area contributed by atoms with Crippen LogP contribution >= 0.6 is 11.3 Å². The van der Waals surface area contributed by atoms with E-state index in [2.05, 4.69) is 0 Å². The highest BCUT2D eigenvalue weighted by atomic mass is 32.2. The molecule has 1 aromatic carbocycles. The largest absolute Gasteiger partial charge is 0.485 e. The van der Waals surface area contributed by atoms with E-state index in [1.54, 1.807) is 19.1 Å². The zero-order valence-corrected chi connectivity index (χ0v) is 13.8. The van der Waals surface area contributed by atoms with E-state index >= 15 is 0 Å². The Morgan fingerprint density at radius 2 is 1.91 bits per heavy atom. The Morgan fingerprint density at radius 3 is 2.64 bits per heavy atom. The number of ether oxygens (including phenoxy) is 2. The van der Waals surface area contributed by atoms with E-state index in [9.17, 15) is 8.42 Å². The van der Waals surface area contributed by atoms with E-state index in [1.165, 1.54) is 23.5 Å². The van der Waals surface area contributed by atoms with E-state index < -0.39 is 22.3 Å². The van der Waals surface area contributed by atoms with Crippen molar-refractivity contribution in [3.63, 3.8) is 0 Å². The monoisotopic (exact) mass is 340 g/mol. The van der Waals surface area contributed by atoms with Gasteiger partial charge in [0.25, 0.3) is 10.1 Å². The Bertz CT molecular complexity index is 748. The van der Waals surface area contributed by atoms with E-state index in [0.29, 0.717) is 11.5 Å². The Hall–Kier alpha value is -1.57. The predicted octanol–water partition coefficient (Wildman–Crippen LogP) is 2.99. The fraction of sp³-hybridized carbons (Fsp3) is 0.333. The highest BCUT2D eigenvalue weighted by Gasteiger charge is 2.31. The van der Waals surface area contributed by atoms with Gasteiger partial charge in [-0.15, -0.1) is 11.3 Å². The molecule has 2 aromatic rings. The molecular weight excluding hydrogens is 324 g/mol. The van der Waals surface area contributed by atoms with E-state index in [4.69, 9.17) is 13.7 Å². The molecule has 1 aromatic heterocycles. The van der Waals surface area contributed by atoms with Crippen LogP contribution in [0, 0.1) is 6.92 Å². The van der Waals surface area contributed by atoms with Gasteiger partial charge in [0.2, 0.25) is 0 Å². The van der Waals surface area contributed by atoms with E-state index in [0.717, 1.165) is 5.56 Å². The number of hydrogen-bond acceptors (Lipinski definition) is 6. The maximum atomic E-state index is 12.3. The molecule has 0 fully saturated rings. The van der Waals surface area contributed by atoms with Crippen LogP contribution in [0.2, 0.25) is 0 Å². The quantitative estimate of drug-likeness (QED) is 0.801. The molecule has 0 amide bonds. The Kier molecular flexibility index (Phi) is 4.12. The first kappa shape index (κ1) is 15.3. The van der Waals surface area contributed by atoms with Gasteiger partial charge < -0.3 is 9.47 Å². The smallest absolute Gasteiger partial charge is 0.297 e. The minimum absolute atomic E-state index is 0.137. The third kappa shape index (κ3) is 3.11. The summed E-state index contributed by atoms with van der Waals surface area (Å²) in [5.74, 6) is 1.32. The highest BCUT2D eigenvalue weighted by Crippen LogP contribution is 2.36. The van der Waals surface area contributed by atoms with Gasteiger partial charge in [-0.05, 0) is 26.0 Å². The SMILES string of the molecule is Cc1ccc(S(=O)(=O)OC(C)C2COc3cscc3O2)cc1. The molecule has 7 heteroatoms. The average Bonchev–Trinajstić information content (AvgIpc) is 2.94. The summed E-state index contributed by atoms with van der Waals surface area (Å²) in [4.78, 5) is 0.137. The first-order valence-corrected chi connectivity index (χ1v) is 9.16. The lowest BCUT2D eigenvalue weighted by Crippen LogP contribution is -2.40. The molecule has 3 rings (SSSR count). The summed E-state index contributed by atoms with van der Waals surface area (Å²) in [5.41, 5.74) is 0.987. The summed E-state index contributed by atoms with van der Waals surface area (Å²) >= 11 is 1.47. The zero-order chi connectivity index (χ0) is 15.7. The lowest BCUT2D eigenvalue weighted by molar-refractivity contribution is 0.0146. The number of benzene rings is 1. The van der Waals surface area contributed by atoms with Crippen LogP contribution in [0.1, 0.15) is 12.5 Å². The first-order chi connectivity index (χ1) is 10.5. The summed E-state index contributed by atoms with van der Waals surface area (Å²) in [6.07, 6.45) is -1.12. The van der Waals surface area contributed by atoms with Crippen LogP contribution in [0.4, 0.5) is 0 Å². The molecule has 22 heavy (non-hydrogen) atoms. The average molecular weight is 340 g/mol. The summed E-state index contributed by atoms with van der Waals surface area (Å²) in [7, 11) is -3.82. The van der Waals surface area contributed by atoms with Gasteiger partial charge in [0.15, 0.2) is 17.6 Å². The van der Waals surface area contributed by atoms with Crippen molar-refractivity contribution in [1.29, 1.82) is 0 Å². The van der Waals surface area contributed by atoms with Crippen molar-refractivity contribution in [3.8, 4) is 11.5 Å². The highest BCUT2D eigenvalue weighted by molar-refractivity contribution is 7.86. The van der Waals surface area contributed by atoms with Crippen LogP contribution in [0.15, 0.2) is 39.9 Å². The van der Waals surface area contributed by atoms with Crippen LogP contribution in [-0.4, -0.2) is 27.2 Å². The van der Waals surface area contributed by atoms with Gasteiger partial charge in [-0.25, -0.2) is 0 Å². The lowest BCUT2D eigenvalue weighted by atomic mass is 10.2. The summed E-state index contributed by atoms with van der Waals surface area (Å²) in [5, 5.41) is 3.67. The lowest BCUT2D eigenvalue weighted by Gasteiger charge is -2.28. The number of thiophene rings is 1. The van der Waals surface area contributed by atoms with Crippen molar-refractivity contribution in [2.75, 3.05) is 6.61 Å². The topological polar surface area (TPSA) is 61.8 Å². The number of hydrogen-bond donors (Lipinski definition) is 0. The molecule has 2 heterocycles. The maximum Gasteiger partial charge on any atom is 0.297 e. The fourth-order valence-corrected chi connectivity index (χ4v) is 3.86. The van der Waals surface area contributed by atoms with Gasteiger partial charge in [-0.2, -0.15) is 8.42 Å². The van der Waals surface area contributed by atoms with Crippen molar-refractivity contribution >= 4 is 21.5 Å². The third-order valence-electron chi connectivity index (χ3n) is 3.39. The molecule has 0 N–H and O–H groups in total. The molecule has 1 aliphatic heterocycles. The Balaban J connectivity index is 1.71. The van der Waals surface area contributed by atoms with Gasteiger partial charge in [0.1, 0.15) is 12.7 Å². The maximum absolute atomic E-state index is 12.3. The van der Waals surface area contributed by atoms with Gasteiger partial charge in [-0.1, -0.05) is 17.7 Å². The molecule has 0 bridgehead atoms. The number of fused-ring (bicyclic) bond motifs is 1. The summed E-state index contributed by atoms with van der Waals surface area (Å²) in [6, 6.07) is 6.54. The normalized spacial score (nSPS) is 18.9. The predicted molar refractivity (Wildman–Crippen MR) is 83.1 cm³/mol. The minimum atomic E-state index is -3.82. The molecule has 0 radical (unpaired) electrons. The molecule has 118 valence electrons. The Labute approximate surface area is 133 Å². The van der Waals surface area contributed by atoms with Crippen LogP contribution in [0.25, 0.3) is 0 Å². The molecule has 5 nitrogen and oxygen atoms in total. The van der Waals surface area contributed by atoms with E-state index in [-0.39, 0.29) is 11.5 Å². The molecule has 0 saturated carbocycles. The van der Waals surface area contributed by atoms with Crippen LogP contribution in [0.3, 0.4) is 0 Å². The molecule has 1 aliphatic rings. The van der Waals surface area contributed by atoms with Gasteiger partial charge in [0, 0.05) is 10.8 Å². The number of rotatable bonds is 4. The molecule has 2 atom stereocenters. The minimum Gasteiger partial charge on any atom is -0.485 e. The second-order valence-corrected chi connectivity index (χ2v) is 7.45. The van der Waals surface area contributed by atoms with Gasteiger partial charge in [-0.3, -0.25) is 4.18 Å². The molecule has 0 aliphatic carbocycles. The van der Waals surface area contributed by atoms with Crippen molar-refractivity contribution < 1.29 is 22.1 Å². The second-order valence-electron chi connectivity index (χ2n) is 5.14. The molecular formula is C15H16O5S2.